The lowest BCUT2D eigenvalue weighted by Crippen LogP contribution is -2.20. The van der Waals surface area contributed by atoms with Gasteiger partial charge in [0.2, 0.25) is 0 Å². The van der Waals surface area contributed by atoms with E-state index in [2.05, 4.69) is 14.7 Å². The predicted octanol–water partition coefficient (Wildman–Crippen LogP) is 1.20. The summed E-state index contributed by atoms with van der Waals surface area (Å²) in [5.41, 5.74) is 0.981. The molecule has 4 nitrogen and oxygen atoms in total. The van der Waals surface area contributed by atoms with Gasteiger partial charge in [-0.1, -0.05) is 6.57 Å². The minimum absolute atomic E-state index is 0.226. The molecule has 1 unspecified atom stereocenters. The molecule has 0 aromatic carbocycles. The summed E-state index contributed by atoms with van der Waals surface area (Å²) in [6, 6.07) is 3.57. The van der Waals surface area contributed by atoms with Crippen molar-refractivity contribution in [1.29, 1.82) is 0 Å². The van der Waals surface area contributed by atoms with Gasteiger partial charge < -0.3 is 14.9 Å². The molecule has 4 heteroatoms. The standard InChI is InChI=1S/C10H11N3O/c1-11-10-3-2-8(6-12-10)13-5-4-9(14)7-13/h2-3,6,9,14H,4-5,7H2. The van der Waals surface area contributed by atoms with Crippen molar-refractivity contribution >= 4 is 11.5 Å². The van der Waals surface area contributed by atoms with Gasteiger partial charge in [-0.3, -0.25) is 0 Å². The van der Waals surface area contributed by atoms with Crippen LogP contribution in [0.1, 0.15) is 6.42 Å². The Bertz CT molecular complexity index is 355. The molecule has 14 heavy (non-hydrogen) atoms. The van der Waals surface area contributed by atoms with Gasteiger partial charge in [-0.25, -0.2) is 0 Å². The summed E-state index contributed by atoms with van der Waals surface area (Å²) in [7, 11) is 0. The Hall–Kier alpha value is -1.60. The molecule has 1 fully saturated rings. The molecule has 1 N–H and O–H groups in total. The van der Waals surface area contributed by atoms with Crippen molar-refractivity contribution < 1.29 is 5.11 Å². The Morgan fingerprint density at radius 2 is 2.43 bits per heavy atom. The fourth-order valence-electron chi connectivity index (χ4n) is 1.61. The monoisotopic (exact) mass is 189 g/mol. The highest BCUT2D eigenvalue weighted by Crippen LogP contribution is 2.21. The van der Waals surface area contributed by atoms with Crippen LogP contribution in [0.3, 0.4) is 0 Å². The first-order valence-corrected chi connectivity index (χ1v) is 4.56. The second kappa shape index (κ2) is 3.64. The summed E-state index contributed by atoms with van der Waals surface area (Å²) in [5, 5.41) is 9.35. The van der Waals surface area contributed by atoms with Gasteiger partial charge in [0.15, 0.2) is 0 Å². The third-order valence-corrected chi connectivity index (χ3v) is 2.38. The normalized spacial score (nSPS) is 20.9. The van der Waals surface area contributed by atoms with E-state index in [-0.39, 0.29) is 6.10 Å². The second-order valence-corrected chi connectivity index (χ2v) is 3.37. The van der Waals surface area contributed by atoms with E-state index < -0.39 is 0 Å². The topological polar surface area (TPSA) is 40.7 Å². The Morgan fingerprint density at radius 3 is 2.93 bits per heavy atom. The van der Waals surface area contributed by atoms with Crippen molar-refractivity contribution in [1.82, 2.24) is 4.98 Å². The lowest BCUT2D eigenvalue weighted by Gasteiger charge is -2.15. The highest BCUT2D eigenvalue weighted by molar-refractivity contribution is 5.50. The van der Waals surface area contributed by atoms with Crippen LogP contribution in [0.15, 0.2) is 18.3 Å². The molecule has 2 heterocycles. The van der Waals surface area contributed by atoms with E-state index in [0.717, 1.165) is 18.7 Å². The SMILES string of the molecule is [C-]#[N+]c1ccc(N2CCC(O)C2)cn1. The summed E-state index contributed by atoms with van der Waals surface area (Å²) in [6.45, 7) is 8.29. The number of β-amino-alcohol motifs (C(OH)–C–C–N with tert-alkyl or cyclic N) is 1. The van der Waals surface area contributed by atoms with Crippen LogP contribution in [0, 0.1) is 6.57 Å². The Kier molecular flexibility index (Phi) is 2.33. The van der Waals surface area contributed by atoms with Crippen LogP contribution in [0.2, 0.25) is 0 Å². The molecule has 2 rings (SSSR count). The number of hydrogen-bond donors (Lipinski definition) is 1. The molecule has 1 aromatic rings. The van der Waals surface area contributed by atoms with Gasteiger partial charge in [-0.15, -0.1) is 4.98 Å². The van der Waals surface area contributed by atoms with E-state index in [1.807, 2.05) is 6.07 Å². The van der Waals surface area contributed by atoms with Crippen LogP contribution in [0.4, 0.5) is 11.5 Å². The molecule has 1 aliphatic heterocycles. The van der Waals surface area contributed by atoms with Gasteiger partial charge in [-0.2, -0.15) is 0 Å². The van der Waals surface area contributed by atoms with E-state index in [1.165, 1.54) is 0 Å². The first-order valence-electron chi connectivity index (χ1n) is 4.56. The maximum absolute atomic E-state index is 9.35. The summed E-state index contributed by atoms with van der Waals surface area (Å²) in [4.78, 5) is 9.29. The van der Waals surface area contributed by atoms with Crippen molar-refractivity contribution in [3.63, 3.8) is 0 Å². The van der Waals surface area contributed by atoms with Gasteiger partial charge in [0.25, 0.3) is 5.82 Å². The number of aromatic nitrogens is 1. The number of aliphatic hydroxyl groups excluding tert-OH is 1. The molecule has 1 aliphatic rings. The predicted molar refractivity (Wildman–Crippen MR) is 53.3 cm³/mol. The number of anilines is 1. The lowest BCUT2D eigenvalue weighted by molar-refractivity contribution is 0.198. The van der Waals surface area contributed by atoms with Crippen LogP contribution < -0.4 is 4.90 Å². The maximum atomic E-state index is 9.35. The number of pyridine rings is 1. The Balaban J connectivity index is 2.14. The van der Waals surface area contributed by atoms with Crippen LogP contribution in [-0.4, -0.2) is 29.3 Å². The molecule has 72 valence electrons. The zero-order chi connectivity index (χ0) is 9.97. The van der Waals surface area contributed by atoms with Crippen molar-refractivity contribution in [2.75, 3.05) is 18.0 Å². The number of hydrogen-bond acceptors (Lipinski definition) is 3. The second-order valence-electron chi connectivity index (χ2n) is 3.37. The van der Waals surface area contributed by atoms with Crippen LogP contribution >= 0.6 is 0 Å². The molecule has 0 bridgehead atoms. The highest BCUT2D eigenvalue weighted by Gasteiger charge is 2.20. The highest BCUT2D eigenvalue weighted by atomic mass is 16.3. The largest absolute Gasteiger partial charge is 0.391 e. The van der Waals surface area contributed by atoms with Gasteiger partial charge in [0.05, 0.1) is 11.8 Å². The summed E-state index contributed by atoms with van der Waals surface area (Å²) in [5.74, 6) is 0.411. The zero-order valence-corrected chi connectivity index (χ0v) is 7.72. The summed E-state index contributed by atoms with van der Waals surface area (Å²) in [6.07, 6.45) is 2.27. The average molecular weight is 189 g/mol. The van der Waals surface area contributed by atoms with Crippen molar-refractivity contribution in [2.45, 2.75) is 12.5 Å². The maximum Gasteiger partial charge on any atom is 0.269 e. The fraction of sp³-hybridized carbons (Fsp3) is 0.400. The van der Waals surface area contributed by atoms with Gasteiger partial charge >= 0.3 is 0 Å². The van der Waals surface area contributed by atoms with Gasteiger partial charge in [0.1, 0.15) is 6.20 Å². The molecule has 0 aliphatic carbocycles. The smallest absolute Gasteiger partial charge is 0.269 e. The van der Waals surface area contributed by atoms with Crippen LogP contribution in [0.5, 0.6) is 0 Å². The molecule has 0 saturated carbocycles. The van der Waals surface area contributed by atoms with E-state index >= 15 is 0 Å². The van der Waals surface area contributed by atoms with E-state index in [1.54, 1.807) is 12.3 Å². The molecular formula is C10H11N3O. The van der Waals surface area contributed by atoms with E-state index in [0.29, 0.717) is 12.4 Å². The molecular weight excluding hydrogens is 178 g/mol. The fourth-order valence-corrected chi connectivity index (χ4v) is 1.61. The minimum atomic E-state index is -0.226. The third kappa shape index (κ3) is 1.68. The van der Waals surface area contributed by atoms with Crippen molar-refractivity contribution in [2.24, 2.45) is 0 Å². The van der Waals surface area contributed by atoms with Crippen LogP contribution in [0.25, 0.3) is 4.85 Å². The van der Waals surface area contributed by atoms with Gasteiger partial charge in [0, 0.05) is 13.1 Å². The summed E-state index contributed by atoms with van der Waals surface area (Å²) >= 11 is 0. The van der Waals surface area contributed by atoms with E-state index in [4.69, 9.17) is 6.57 Å². The van der Waals surface area contributed by atoms with Crippen LogP contribution in [-0.2, 0) is 0 Å². The molecule has 0 amide bonds. The van der Waals surface area contributed by atoms with Crippen molar-refractivity contribution in [3.8, 4) is 0 Å². The first-order chi connectivity index (χ1) is 6.79. The molecule has 1 saturated heterocycles. The molecule has 1 atom stereocenters. The summed E-state index contributed by atoms with van der Waals surface area (Å²) < 4.78 is 0. The molecule has 0 spiro atoms. The zero-order valence-electron chi connectivity index (χ0n) is 7.72. The minimum Gasteiger partial charge on any atom is -0.391 e. The lowest BCUT2D eigenvalue weighted by atomic mass is 10.3. The quantitative estimate of drug-likeness (QED) is 0.675. The average Bonchev–Trinajstić information content (AvgIpc) is 2.65. The third-order valence-electron chi connectivity index (χ3n) is 2.38. The Labute approximate surface area is 82.6 Å². The van der Waals surface area contributed by atoms with E-state index in [9.17, 15) is 5.11 Å². The molecule has 0 radical (unpaired) electrons. The van der Waals surface area contributed by atoms with Crippen molar-refractivity contribution in [3.05, 3.63) is 29.7 Å². The van der Waals surface area contributed by atoms with Gasteiger partial charge in [-0.05, 0) is 18.6 Å². The number of aliphatic hydroxyl groups is 1. The number of nitrogens with zero attached hydrogens (tertiary/aromatic N) is 3. The molecule has 1 aromatic heterocycles. The first kappa shape index (κ1) is 8.97. The Morgan fingerprint density at radius 1 is 1.57 bits per heavy atom. The number of rotatable bonds is 1.